The molecule has 1 aliphatic rings. The number of carboxylic acids is 1. The maximum Gasteiger partial charge on any atom is 0.306 e. The number of hydrogen-bond donors (Lipinski definition) is 2. The first-order chi connectivity index (χ1) is 12.1. The van der Waals surface area contributed by atoms with E-state index in [-0.39, 0.29) is 18.4 Å². The molecule has 0 bridgehead atoms. The number of amides is 1. The van der Waals surface area contributed by atoms with Gasteiger partial charge < -0.3 is 19.7 Å². The van der Waals surface area contributed by atoms with E-state index in [0.717, 1.165) is 5.56 Å². The highest BCUT2D eigenvalue weighted by Gasteiger charge is 2.33. The van der Waals surface area contributed by atoms with E-state index in [2.05, 4.69) is 10.5 Å². The van der Waals surface area contributed by atoms with Crippen LogP contribution in [0.25, 0.3) is 11.3 Å². The molecule has 1 amide bonds. The quantitative estimate of drug-likeness (QED) is 0.835. The van der Waals surface area contributed by atoms with E-state index >= 15 is 0 Å². The molecule has 7 nitrogen and oxygen atoms in total. The number of carbonyl (C=O) groups is 2. The number of methoxy groups -OCH3 is 1. The van der Waals surface area contributed by atoms with Crippen molar-refractivity contribution in [3.63, 3.8) is 0 Å². The Hall–Kier alpha value is -2.83. The first-order valence-electron chi connectivity index (χ1n) is 8.18. The normalized spacial score (nSPS) is 19.6. The van der Waals surface area contributed by atoms with Gasteiger partial charge in [-0.1, -0.05) is 17.3 Å². The average molecular weight is 344 g/mol. The van der Waals surface area contributed by atoms with Crippen LogP contribution in [0.1, 0.15) is 25.0 Å². The van der Waals surface area contributed by atoms with Gasteiger partial charge in [0.1, 0.15) is 11.4 Å². The fourth-order valence-electron chi connectivity index (χ4n) is 3.14. The molecule has 0 radical (unpaired) electrons. The number of nitrogens with one attached hydrogen (secondary N) is 1. The van der Waals surface area contributed by atoms with Crippen LogP contribution in [0.5, 0.6) is 5.75 Å². The fourth-order valence-corrected chi connectivity index (χ4v) is 3.14. The van der Waals surface area contributed by atoms with Gasteiger partial charge in [0.2, 0.25) is 5.91 Å². The van der Waals surface area contributed by atoms with Gasteiger partial charge in [-0.15, -0.1) is 0 Å². The Labute approximate surface area is 145 Å². The number of aliphatic carboxylic acids is 1. The highest BCUT2D eigenvalue weighted by molar-refractivity contribution is 5.80. The van der Waals surface area contributed by atoms with Crippen molar-refractivity contribution in [2.45, 2.75) is 25.8 Å². The van der Waals surface area contributed by atoms with E-state index in [1.54, 1.807) is 13.2 Å². The number of nitrogens with zero attached hydrogens (tertiary/aromatic N) is 1. The first-order valence-corrected chi connectivity index (χ1v) is 8.18. The molecule has 1 aromatic carbocycles. The predicted octanol–water partition coefficient (Wildman–Crippen LogP) is 2.47. The molecule has 25 heavy (non-hydrogen) atoms. The summed E-state index contributed by atoms with van der Waals surface area (Å²) in [6.07, 6.45) is 1.55. The molecule has 1 saturated carbocycles. The third-order valence-corrected chi connectivity index (χ3v) is 4.53. The Morgan fingerprint density at radius 3 is 2.80 bits per heavy atom. The lowest BCUT2D eigenvalue weighted by Gasteiger charge is -2.09. The Bertz CT molecular complexity index is 770. The molecule has 3 rings (SSSR count). The lowest BCUT2D eigenvalue weighted by atomic mass is 10.0. The molecule has 2 atom stereocenters. The molecule has 132 valence electrons. The van der Waals surface area contributed by atoms with Gasteiger partial charge in [-0.2, -0.15) is 0 Å². The number of para-hydroxylation sites is 1. The zero-order chi connectivity index (χ0) is 17.8. The fraction of sp³-hybridized carbons (Fsp3) is 0.389. The molecule has 1 aliphatic carbocycles. The number of ether oxygens (including phenoxy) is 1. The van der Waals surface area contributed by atoms with E-state index in [1.165, 1.54) is 0 Å². The second-order valence-electron chi connectivity index (χ2n) is 6.14. The van der Waals surface area contributed by atoms with Gasteiger partial charge in [0, 0.05) is 17.5 Å². The minimum absolute atomic E-state index is 0.140. The van der Waals surface area contributed by atoms with Gasteiger partial charge in [-0.25, -0.2) is 0 Å². The van der Waals surface area contributed by atoms with Crippen molar-refractivity contribution in [3.8, 4) is 17.0 Å². The molecule has 2 aromatic rings. The zero-order valence-corrected chi connectivity index (χ0v) is 13.9. The van der Waals surface area contributed by atoms with Gasteiger partial charge in [-0.3, -0.25) is 9.59 Å². The van der Waals surface area contributed by atoms with Gasteiger partial charge in [0.25, 0.3) is 0 Å². The molecular formula is C18H20N2O5. The largest absolute Gasteiger partial charge is 0.496 e. The third kappa shape index (κ3) is 3.81. The standard InChI is InChI=1S/C18H20N2O5/c1-24-16-5-3-2-4-14(16)15-9-13(25-20-15)10-19-17(21)11-6-7-12(8-11)18(22)23/h2-5,9,11-12H,6-8,10H2,1H3,(H,19,21)(H,22,23)/t11-,12+/m1/s1. The van der Waals surface area contributed by atoms with Crippen molar-refractivity contribution >= 4 is 11.9 Å². The highest BCUT2D eigenvalue weighted by Crippen LogP contribution is 2.31. The van der Waals surface area contributed by atoms with Gasteiger partial charge >= 0.3 is 5.97 Å². The van der Waals surface area contributed by atoms with Crippen LogP contribution < -0.4 is 10.1 Å². The van der Waals surface area contributed by atoms with Crippen LogP contribution in [0.4, 0.5) is 0 Å². The molecular weight excluding hydrogens is 324 g/mol. The molecule has 0 saturated heterocycles. The monoisotopic (exact) mass is 344 g/mol. The molecule has 1 heterocycles. The summed E-state index contributed by atoms with van der Waals surface area (Å²) in [4.78, 5) is 23.2. The van der Waals surface area contributed by atoms with E-state index in [9.17, 15) is 9.59 Å². The van der Waals surface area contributed by atoms with Crippen LogP contribution in [0.2, 0.25) is 0 Å². The smallest absolute Gasteiger partial charge is 0.306 e. The molecule has 7 heteroatoms. The highest BCUT2D eigenvalue weighted by atomic mass is 16.5. The van der Waals surface area contributed by atoms with Crippen molar-refractivity contribution in [2.24, 2.45) is 11.8 Å². The number of carboxylic acid groups (broad SMARTS) is 1. The molecule has 0 spiro atoms. The van der Waals surface area contributed by atoms with Crippen molar-refractivity contribution in [1.29, 1.82) is 0 Å². The number of carbonyl (C=O) groups excluding carboxylic acids is 1. The maximum atomic E-state index is 12.2. The minimum atomic E-state index is -0.827. The third-order valence-electron chi connectivity index (χ3n) is 4.53. The van der Waals surface area contributed by atoms with Crippen molar-refractivity contribution in [1.82, 2.24) is 10.5 Å². The van der Waals surface area contributed by atoms with E-state index in [1.807, 2.05) is 24.3 Å². The lowest BCUT2D eigenvalue weighted by Crippen LogP contribution is -2.29. The Morgan fingerprint density at radius 1 is 1.32 bits per heavy atom. The van der Waals surface area contributed by atoms with Crippen LogP contribution in [0.15, 0.2) is 34.9 Å². The summed E-state index contributed by atoms with van der Waals surface area (Å²) >= 11 is 0. The molecule has 2 N–H and O–H groups in total. The van der Waals surface area contributed by atoms with Crippen LogP contribution in [0, 0.1) is 11.8 Å². The topological polar surface area (TPSA) is 102 Å². The number of benzene rings is 1. The van der Waals surface area contributed by atoms with Crippen molar-refractivity contribution < 1.29 is 24.0 Å². The second-order valence-corrected chi connectivity index (χ2v) is 6.14. The van der Waals surface area contributed by atoms with Crippen LogP contribution in [0.3, 0.4) is 0 Å². The maximum absolute atomic E-state index is 12.2. The van der Waals surface area contributed by atoms with Crippen LogP contribution >= 0.6 is 0 Å². The van der Waals surface area contributed by atoms with Crippen molar-refractivity contribution in [2.75, 3.05) is 7.11 Å². The van der Waals surface area contributed by atoms with E-state index in [0.29, 0.717) is 36.5 Å². The summed E-state index contributed by atoms with van der Waals surface area (Å²) in [6, 6.07) is 9.23. The first kappa shape index (κ1) is 17.0. The number of rotatable bonds is 6. The summed E-state index contributed by atoms with van der Waals surface area (Å²) in [5.74, 6) is -0.416. The predicted molar refractivity (Wildman–Crippen MR) is 88.8 cm³/mol. The molecule has 0 unspecified atom stereocenters. The molecule has 0 aliphatic heterocycles. The minimum Gasteiger partial charge on any atom is -0.496 e. The summed E-state index contributed by atoms with van der Waals surface area (Å²) < 4.78 is 10.6. The average Bonchev–Trinajstić information content (AvgIpc) is 3.29. The summed E-state index contributed by atoms with van der Waals surface area (Å²) in [7, 11) is 1.59. The SMILES string of the molecule is COc1ccccc1-c1cc(CNC(=O)[C@@H]2CC[C@H](C(=O)O)C2)on1. The molecule has 1 fully saturated rings. The van der Waals surface area contributed by atoms with Gasteiger partial charge in [0.15, 0.2) is 5.76 Å². The second kappa shape index (κ2) is 7.38. The van der Waals surface area contributed by atoms with E-state index < -0.39 is 11.9 Å². The van der Waals surface area contributed by atoms with Gasteiger partial charge in [0.05, 0.1) is 19.6 Å². The lowest BCUT2D eigenvalue weighted by molar-refractivity contribution is -0.141. The van der Waals surface area contributed by atoms with Gasteiger partial charge in [-0.05, 0) is 31.4 Å². The van der Waals surface area contributed by atoms with Crippen LogP contribution in [-0.4, -0.2) is 29.2 Å². The van der Waals surface area contributed by atoms with Crippen molar-refractivity contribution in [3.05, 3.63) is 36.1 Å². The molecule has 1 aromatic heterocycles. The summed E-state index contributed by atoms with van der Waals surface area (Å²) in [5, 5.41) is 15.8. The Morgan fingerprint density at radius 2 is 2.08 bits per heavy atom. The summed E-state index contributed by atoms with van der Waals surface area (Å²) in [6.45, 7) is 0.217. The van der Waals surface area contributed by atoms with E-state index in [4.69, 9.17) is 14.4 Å². The van der Waals surface area contributed by atoms with Crippen LogP contribution in [-0.2, 0) is 16.1 Å². The summed E-state index contributed by atoms with van der Waals surface area (Å²) in [5.41, 5.74) is 1.44. The Balaban J connectivity index is 1.59. The number of aromatic nitrogens is 1. The number of hydrogen-bond acceptors (Lipinski definition) is 5. The Kier molecular flexibility index (Phi) is 5.02. The zero-order valence-electron chi connectivity index (χ0n) is 13.9.